The Morgan fingerprint density at radius 1 is 1.33 bits per heavy atom. The number of hydrogen-bond donors (Lipinski definition) is 1. The Morgan fingerprint density at radius 3 is 2.67 bits per heavy atom. The molecule has 0 aromatic rings. The fourth-order valence-electron chi connectivity index (χ4n) is 2.50. The van der Waals surface area contributed by atoms with Crippen LogP contribution in [0.15, 0.2) is 4.99 Å². The number of nitrogens with one attached hydrogen (secondary N) is 1. The van der Waals surface area contributed by atoms with Crippen LogP contribution in [0.25, 0.3) is 0 Å². The van der Waals surface area contributed by atoms with Crippen LogP contribution in [0, 0.1) is 0 Å². The van der Waals surface area contributed by atoms with Crippen molar-refractivity contribution in [3.8, 4) is 0 Å². The summed E-state index contributed by atoms with van der Waals surface area (Å²) >= 11 is 0. The van der Waals surface area contributed by atoms with Gasteiger partial charge < -0.3 is 9.80 Å². The second kappa shape index (κ2) is 4.96. The average Bonchev–Trinajstić information content (AvgIpc) is 2.72. The molecular formula is C12H20N4O2. The minimum absolute atomic E-state index is 0.236. The lowest BCUT2D eigenvalue weighted by Crippen LogP contribution is -2.63. The third-order valence-electron chi connectivity index (χ3n) is 3.54. The zero-order valence-electron chi connectivity index (χ0n) is 11.1. The maximum absolute atomic E-state index is 11.9. The molecule has 18 heavy (non-hydrogen) atoms. The molecule has 2 heterocycles. The Hall–Kier alpha value is -1.59. The summed E-state index contributed by atoms with van der Waals surface area (Å²) in [7, 11) is 1.68. The number of likely N-dealkylation sites (N-methyl/N-ethyl adjacent to an activating group) is 2. The first kappa shape index (κ1) is 12.9. The van der Waals surface area contributed by atoms with Gasteiger partial charge in [0.2, 0.25) is 0 Å². The highest BCUT2D eigenvalue weighted by Gasteiger charge is 2.47. The number of imide groups is 1. The molecule has 0 spiro atoms. The van der Waals surface area contributed by atoms with Gasteiger partial charge in [-0.2, -0.15) is 0 Å². The molecule has 0 aromatic heterocycles. The van der Waals surface area contributed by atoms with Crippen LogP contribution >= 0.6 is 0 Å². The van der Waals surface area contributed by atoms with Crippen molar-refractivity contribution >= 4 is 17.8 Å². The van der Waals surface area contributed by atoms with Crippen molar-refractivity contribution in [2.75, 3.05) is 13.6 Å². The van der Waals surface area contributed by atoms with Crippen LogP contribution in [0.4, 0.5) is 4.79 Å². The first-order valence-electron chi connectivity index (χ1n) is 6.51. The summed E-state index contributed by atoms with van der Waals surface area (Å²) < 4.78 is 0. The van der Waals surface area contributed by atoms with Gasteiger partial charge in [0, 0.05) is 20.0 Å². The van der Waals surface area contributed by atoms with Gasteiger partial charge in [-0.3, -0.25) is 10.1 Å². The van der Waals surface area contributed by atoms with Gasteiger partial charge in [-0.15, -0.1) is 0 Å². The topological polar surface area (TPSA) is 65.0 Å². The van der Waals surface area contributed by atoms with Crippen LogP contribution in [0.5, 0.6) is 0 Å². The molecule has 0 aromatic carbocycles. The smallest absolute Gasteiger partial charge is 0.325 e. The molecular weight excluding hydrogens is 232 g/mol. The fourth-order valence-corrected chi connectivity index (χ4v) is 2.50. The number of rotatable bonds is 4. The lowest BCUT2D eigenvalue weighted by Gasteiger charge is -2.35. The molecule has 2 rings (SSSR count). The highest BCUT2D eigenvalue weighted by Crippen LogP contribution is 2.25. The van der Waals surface area contributed by atoms with Gasteiger partial charge in [0.15, 0.2) is 12.2 Å². The Bertz CT molecular complexity index is 394. The van der Waals surface area contributed by atoms with Crippen molar-refractivity contribution in [1.29, 1.82) is 0 Å². The van der Waals surface area contributed by atoms with Crippen LogP contribution < -0.4 is 5.32 Å². The Labute approximate surface area is 107 Å². The second-order valence-electron chi connectivity index (χ2n) is 4.70. The third-order valence-corrected chi connectivity index (χ3v) is 3.54. The highest BCUT2D eigenvalue weighted by atomic mass is 16.2. The van der Waals surface area contributed by atoms with E-state index in [0.29, 0.717) is 0 Å². The van der Waals surface area contributed by atoms with Crippen LogP contribution in [0.2, 0.25) is 0 Å². The molecule has 1 N–H and O–H groups in total. The van der Waals surface area contributed by atoms with E-state index in [1.807, 2.05) is 11.8 Å². The quantitative estimate of drug-likeness (QED) is 0.804. The number of fused-ring (bicyclic) bond motifs is 1. The Kier molecular flexibility index (Phi) is 3.54. The van der Waals surface area contributed by atoms with Gasteiger partial charge in [0.25, 0.3) is 5.91 Å². The minimum atomic E-state index is -0.363. The average molecular weight is 252 g/mol. The zero-order valence-corrected chi connectivity index (χ0v) is 11.1. The number of hydrogen-bond acceptors (Lipinski definition) is 4. The van der Waals surface area contributed by atoms with Crippen LogP contribution in [-0.4, -0.2) is 53.4 Å². The van der Waals surface area contributed by atoms with Crippen LogP contribution in [-0.2, 0) is 4.79 Å². The number of amidine groups is 1. The molecule has 1 fully saturated rings. The van der Waals surface area contributed by atoms with E-state index in [-0.39, 0.29) is 24.1 Å². The van der Waals surface area contributed by atoms with Crippen molar-refractivity contribution in [3.05, 3.63) is 0 Å². The molecule has 100 valence electrons. The molecule has 1 saturated heterocycles. The van der Waals surface area contributed by atoms with Crippen molar-refractivity contribution in [2.24, 2.45) is 4.99 Å². The van der Waals surface area contributed by atoms with E-state index in [1.54, 1.807) is 7.05 Å². The number of carbonyl (C=O) groups is 2. The number of unbranched alkanes of at least 4 members (excludes halogenated alkanes) is 1. The van der Waals surface area contributed by atoms with Crippen molar-refractivity contribution < 1.29 is 9.59 Å². The summed E-state index contributed by atoms with van der Waals surface area (Å²) in [6.45, 7) is 4.87. The molecule has 2 atom stereocenters. The van der Waals surface area contributed by atoms with E-state index in [9.17, 15) is 9.59 Å². The van der Waals surface area contributed by atoms with E-state index < -0.39 is 0 Å². The van der Waals surface area contributed by atoms with E-state index in [1.165, 1.54) is 4.90 Å². The Morgan fingerprint density at radius 2 is 2.06 bits per heavy atom. The summed E-state index contributed by atoms with van der Waals surface area (Å²) in [5.41, 5.74) is 0. The van der Waals surface area contributed by atoms with Gasteiger partial charge in [-0.25, -0.2) is 9.79 Å². The van der Waals surface area contributed by atoms with Gasteiger partial charge in [-0.1, -0.05) is 13.3 Å². The van der Waals surface area contributed by atoms with Crippen LogP contribution in [0.3, 0.4) is 0 Å². The van der Waals surface area contributed by atoms with E-state index in [4.69, 9.17) is 0 Å². The molecule has 0 aliphatic carbocycles. The fraction of sp³-hybridized carbons (Fsp3) is 0.750. The lowest BCUT2D eigenvalue weighted by molar-refractivity contribution is -0.127. The SMILES string of the molecule is CCCCC1=NC2C(C(=O)NC(=O)N2C)N1CC. The molecule has 2 aliphatic rings. The molecule has 0 saturated carbocycles. The van der Waals surface area contributed by atoms with Gasteiger partial charge in [0.05, 0.1) is 0 Å². The molecule has 6 heteroatoms. The first-order chi connectivity index (χ1) is 8.60. The zero-order chi connectivity index (χ0) is 13.3. The molecule has 6 nitrogen and oxygen atoms in total. The number of urea groups is 1. The number of amides is 3. The molecule has 2 aliphatic heterocycles. The summed E-state index contributed by atoms with van der Waals surface area (Å²) in [6, 6.07) is -0.720. The van der Waals surface area contributed by atoms with Crippen molar-refractivity contribution in [3.63, 3.8) is 0 Å². The van der Waals surface area contributed by atoms with E-state index in [2.05, 4.69) is 17.2 Å². The molecule has 0 bridgehead atoms. The van der Waals surface area contributed by atoms with E-state index in [0.717, 1.165) is 31.6 Å². The predicted octanol–water partition coefficient (Wildman–Crippen LogP) is 0.787. The molecule has 2 unspecified atom stereocenters. The summed E-state index contributed by atoms with van der Waals surface area (Å²) in [6.07, 6.45) is 2.64. The summed E-state index contributed by atoms with van der Waals surface area (Å²) in [5.74, 6) is 0.714. The lowest BCUT2D eigenvalue weighted by atomic mass is 10.1. The maximum Gasteiger partial charge on any atom is 0.325 e. The highest BCUT2D eigenvalue weighted by molar-refractivity contribution is 6.04. The standard InChI is InChI=1S/C12H20N4O2/c1-4-6-7-8-13-10-9(16(8)5-2)11(17)14-12(18)15(10)3/h9-10H,4-7H2,1-3H3,(H,14,17,18). The predicted molar refractivity (Wildman–Crippen MR) is 68.2 cm³/mol. The monoisotopic (exact) mass is 252 g/mol. The summed E-state index contributed by atoms with van der Waals surface area (Å²) in [4.78, 5) is 31.6. The van der Waals surface area contributed by atoms with Crippen molar-refractivity contribution in [1.82, 2.24) is 15.1 Å². The van der Waals surface area contributed by atoms with Crippen molar-refractivity contribution in [2.45, 2.75) is 45.3 Å². The summed E-state index contributed by atoms with van der Waals surface area (Å²) in [5, 5.41) is 2.37. The van der Waals surface area contributed by atoms with E-state index >= 15 is 0 Å². The Balaban J connectivity index is 2.23. The van der Waals surface area contributed by atoms with Gasteiger partial charge in [0.1, 0.15) is 5.84 Å². The number of aliphatic imine (C=N–C) groups is 1. The van der Waals surface area contributed by atoms with Crippen LogP contribution in [0.1, 0.15) is 33.1 Å². The second-order valence-corrected chi connectivity index (χ2v) is 4.70. The largest absolute Gasteiger partial charge is 0.345 e. The molecule has 0 radical (unpaired) electrons. The number of nitrogens with zero attached hydrogens (tertiary/aromatic N) is 3. The molecule has 3 amide bonds. The minimum Gasteiger partial charge on any atom is -0.345 e. The number of carbonyl (C=O) groups excluding carboxylic acids is 2. The first-order valence-corrected chi connectivity index (χ1v) is 6.51. The normalized spacial score (nSPS) is 27.2. The maximum atomic E-state index is 11.9. The van der Waals surface area contributed by atoms with Gasteiger partial charge >= 0.3 is 6.03 Å². The third kappa shape index (κ3) is 1.95. The van der Waals surface area contributed by atoms with Gasteiger partial charge in [-0.05, 0) is 13.3 Å².